The molecule has 2 aromatic heterocycles. The molecule has 0 bridgehead atoms. The lowest BCUT2D eigenvalue weighted by atomic mass is 10.1. The van der Waals surface area contributed by atoms with E-state index in [9.17, 15) is 26.9 Å². The lowest BCUT2D eigenvalue weighted by Crippen LogP contribution is -2.43. The quantitative estimate of drug-likeness (QED) is 0.548. The number of alkyl halides is 3. The van der Waals surface area contributed by atoms with Gasteiger partial charge in [-0.25, -0.2) is 18.4 Å². The summed E-state index contributed by atoms with van der Waals surface area (Å²) in [6, 6.07) is 5.38. The van der Waals surface area contributed by atoms with E-state index in [0.717, 1.165) is 43.6 Å². The standard InChI is InChI=1S/C22H22F3N5O3S/c1-13(22(23,24)25)29-34(31,32)16-11-27-21(28-12-16)20-18(10-26)17-8-7-15(33-2)9-19(17)30(20)14-5-3-4-6-14/h7-9,11-14,29H,3-6H2,1-2H3/t13-/m0/s1. The number of halogens is 3. The molecule has 180 valence electrons. The van der Waals surface area contributed by atoms with Crippen LogP contribution < -0.4 is 9.46 Å². The largest absolute Gasteiger partial charge is 0.497 e. The molecular weight excluding hydrogens is 471 g/mol. The van der Waals surface area contributed by atoms with Crippen LogP contribution in [0.15, 0.2) is 35.5 Å². The minimum atomic E-state index is -4.74. The Bertz CT molecular complexity index is 1360. The molecule has 1 aromatic carbocycles. The minimum Gasteiger partial charge on any atom is -0.497 e. The first kappa shape index (κ1) is 24.0. The monoisotopic (exact) mass is 493 g/mol. The summed E-state index contributed by atoms with van der Waals surface area (Å²) in [6.45, 7) is 0.709. The molecule has 1 atom stereocenters. The summed E-state index contributed by atoms with van der Waals surface area (Å²) in [7, 11) is -2.95. The molecule has 0 spiro atoms. The number of aromatic nitrogens is 3. The van der Waals surface area contributed by atoms with Gasteiger partial charge in [-0.2, -0.15) is 23.2 Å². The molecule has 0 amide bonds. The van der Waals surface area contributed by atoms with E-state index >= 15 is 0 Å². The molecule has 0 saturated heterocycles. The molecule has 2 heterocycles. The maximum atomic E-state index is 12.8. The zero-order valence-corrected chi connectivity index (χ0v) is 19.2. The second-order valence-electron chi connectivity index (χ2n) is 8.15. The highest BCUT2D eigenvalue weighted by atomic mass is 32.2. The van der Waals surface area contributed by atoms with Gasteiger partial charge in [-0.05, 0) is 31.9 Å². The fraction of sp³-hybridized carbons (Fsp3) is 0.409. The van der Waals surface area contributed by atoms with E-state index in [-0.39, 0.29) is 11.9 Å². The number of ether oxygens (including phenoxy) is 1. The molecule has 1 N–H and O–H groups in total. The predicted molar refractivity (Wildman–Crippen MR) is 118 cm³/mol. The number of fused-ring (bicyclic) bond motifs is 1. The van der Waals surface area contributed by atoms with Gasteiger partial charge in [0.1, 0.15) is 28.4 Å². The highest BCUT2D eigenvalue weighted by Gasteiger charge is 2.39. The minimum absolute atomic E-state index is 0.0908. The summed E-state index contributed by atoms with van der Waals surface area (Å²) < 4.78 is 72.1. The summed E-state index contributed by atoms with van der Waals surface area (Å²) in [5, 5.41) is 10.6. The molecule has 8 nitrogen and oxygen atoms in total. The van der Waals surface area contributed by atoms with Crippen molar-refractivity contribution < 1.29 is 26.3 Å². The molecule has 0 radical (unpaired) electrons. The van der Waals surface area contributed by atoms with Crippen LogP contribution in [0.2, 0.25) is 0 Å². The van der Waals surface area contributed by atoms with Gasteiger partial charge >= 0.3 is 6.18 Å². The van der Waals surface area contributed by atoms with E-state index in [1.54, 1.807) is 24.0 Å². The van der Waals surface area contributed by atoms with Gasteiger partial charge in [-0.1, -0.05) is 12.8 Å². The molecule has 1 aliphatic carbocycles. The lowest BCUT2D eigenvalue weighted by Gasteiger charge is -2.18. The van der Waals surface area contributed by atoms with Gasteiger partial charge in [0.2, 0.25) is 10.0 Å². The van der Waals surface area contributed by atoms with Gasteiger partial charge < -0.3 is 9.30 Å². The van der Waals surface area contributed by atoms with E-state index in [0.29, 0.717) is 29.3 Å². The van der Waals surface area contributed by atoms with E-state index in [4.69, 9.17) is 4.74 Å². The Kier molecular flexibility index (Phi) is 6.26. The van der Waals surface area contributed by atoms with Gasteiger partial charge in [0.15, 0.2) is 5.82 Å². The van der Waals surface area contributed by atoms with Crippen LogP contribution in [0.4, 0.5) is 13.2 Å². The molecule has 4 rings (SSSR count). The van der Waals surface area contributed by atoms with Crippen molar-refractivity contribution in [3.63, 3.8) is 0 Å². The van der Waals surface area contributed by atoms with Crippen molar-refractivity contribution in [2.24, 2.45) is 0 Å². The first-order valence-corrected chi connectivity index (χ1v) is 12.1. The third kappa shape index (κ3) is 4.33. The number of benzene rings is 1. The van der Waals surface area contributed by atoms with Crippen LogP contribution in [0, 0.1) is 11.3 Å². The Balaban J connectivity index is 1.82. The van der Waals surface area contributed by atoms with E-state index in [1.165, 1.54) is 0 Å². The van der Waals surface area contributed by atoms with Crippen molar-refractivity contribution in [2.45, 2.75) is 55.8 Å². The van der Waals surface area contributed by atoms with Crippen molar-refractivity contribution >= 4 is 20.9 Å². The average molecular weight is 494 g/mol. The molecule has 1 aliphatic rings. The van der Waals surface area contributed by atoms with Gasteiger partial charge in [-0.15, -0.1) is 0 Å². The van der Waals surface area contributed by atoms with E-state index in [1.807, 2.05) is 10.6 Å². The summed E-state index contributed by atoms with van der Waals surface area (Å²) in [5.41, 5.74) is 1.56. The highest BCUT2D eigenvalue weighted by molar-refractivity contribution is 7.89. The Morgan fingerprint density at radius 3 is 2.44 bits per heavy atom. The first-order chi connectivity index (χ1) is 16.1. The highest BCUT2D eigenvalue weighted by Crippen LogP contribution is 2.41. The average Bonchev–Trinajstić information content (AvgIpc) is 3.43. The predicted octanol–water partition coefficient (Wildman–Crippen LogP) is 4.32. The topological polar surface area (TPSA) is 110 Å². The molecule has 1 saturated carbocycles. The molecule has 1 fully saturated rings. The maximum absolute atomic E-state index is 12.8. The SMILES string of the molecule is COc1ccc2c(C#N)c(-c3ncc(S(=O)(=O)N[C@@H](C)C(F)(F)F)cn3)n(C3CCCC3)c2c1. The number of nitrogens with one attached hydrogen (secondary N) is 1. The Morgan fingerprint density at radius 1 is 1.24 bits per heavy atom. The van der Waals surface area contributed by atoms with E-state index in [2.05, 4.69) is 16.0 Å². The van der Waals surface area contributed by atoms with Crippen molar-refractivity contribution in [3.05, 3.63) is 36.2 Å². The van der Waals surface area contributed by atoms with Crippen molar-refractivity contribution in [1.29, 1.82) is 5.26 Å². The number of methoxy groups -OCH3 is 1. The summed E-state index contributed by atoms with van der Waals surface area (Å²) in [4.78, 5) is 7.79. The fourth-order valence-electron chi connectivity index (χ4n) is 4.24. The van der Waals surface area contributed by atoms with Crippen LogP contribution in [0.25, 0.3) is 22.4 Å². The number of nitrogens with zero attached hydrogens (tertiary/aromatic N) is 4. The fourth-order valence-corrected chi connectivity index (χ4v) is 5.35. The zero-order chi connectivity index (χ0) is 24.7. The number of hydrogen-bond donors (Lipinski definition) is 1. The van der Waals surface area contributed by atoms with Gasteiger partial charge in [0.05, 0.1) is 30.6 Å². The van der Waals surface area contributed by atoms with Crippen LogP contribution in [0.5, 0.6) is 5.75 Å². The van der Waals surface area contributed by atoms with E-state index < -0.39 is 27.1 Å². The van der Waals surface area contributed by atoms with Crippen LogP contribution >= 0.6 is 0 Å². The first-order valence-electron chi connectivity index (χ1n) is 10.6. The second kappa shape index (κ2) is 8.88. The summed E-state index contributed by atoms with van der Waals surface area (Å²) >= 11 is 0. The Hall–Kier alpha value is -3.17. The number of sulfonamides is 1. The number of nitriles is 1. The van der Waals surface area contributed by atoms with Gasteiger partial charge in [0.25, 0.3) is 0 Å². The molecule has 3 aromatic rings. The normalized spacial score (nSPS) is 16.0. The number of rotatable bonds is 6. The van der Waals surface area contributed by atoms with Crippen LogP contribution in [0.1, 0.15) is 44.2 Å². The second-order valence-corrected chi connectivity index (χ2v) is 9.87. The third-order valence-corrected chi connectivity index (χ3v) is 7.48. The lowest BCUT2D eigenvalue weighted by molar-refractivity contribution is -0.147. The summed E-state index contributed by atoms with van der Waals surface area (Å²) in [5.74, 6) is 0.731. The van der Waals surface area contributed by atoms with Gasteiger partial charge in [-0.3, -0.25) is 0 Å². The molecule has 0 unspecified atom stereocenters. The Morgan fingerprint density at radius 2 is 1.88 bits per heavy atom. The van der Waals surface area contributed by atoms with Crippen LogP contribution in [-0.4, -0.2) is 42.3 Å². The summed E-state index contributed by atoms with van der Waals surface area (Å²) in [6.07, 6.45) is 1.000. The van der Waals surface area contributed by atoms with Gasteiger partial charge in [0, 0.05) is 17.5 Å². The number of hydrogen-bond acceptors (Lipinski definition) is 6. The maximum Gasteiger partial charge on any atom is 0.404 e. The molecule has 0 aliphatic heterocycles. The van der Waals surface area contributed by atoms with Crippen molar-refractivity contribution in [1.82, 2.24) is 19.3 Å². The molecular formula is C22H22F3N5O3S. The van der Waals surface area contributed by atoms with Crippen LogP contribution in [0.3, 0.4) is 0 Å². The van der Waals surface area contributed by atoms with Crippen LogP contribution in [-0.2, 0) is 10.0 Å². The molecule has 12 heteroatoms. The zero-order valence-electron chi connectivity index (χ0n) is 18.4. The van der Waals surface area contributed by atoms with Crippen molar-refractivity contribution in [2.75, 3.05) is 7.11 Å². The third-order valence-electron chi connectivity index (χ3n) is 5.99. The van der Waals surface area contributed by atoms with Crippen molar-refractivity contribution in [3.8, 4) is 23.3 Å². The Labute approximate surface area is 194 Å². The smallest absolute Gasteiger partial charge is 0.404 e. The molecule has 34 heavy (non-hydrogen) atoms.